The average molecular weight is 307 g/mol. The highest BCUT2D eigenvalue weighted by molar-refractivity contribution is 7.98. The maximum absolute atomic E-state index is 6.02. The largest absolute Gasteiger partial charge is 0.383 e. The third-order valence-electron chi connectivity index (χ3n) is 3.41. The summed E-state index contributed by atoms with van der Waals surface area (Å²) in [6, 6.07) is 13.8. The molecule has 0 aliphatic rings. The third-order valence-corrected chi connectivity index (χ3v) is 4.38. The van der Waals surface area contributed by atoms with E-state index in [1.807, 2.05) is 54.9 Å². The van der Waals surface area contributed by atoms with Crippen molar-refractivity contribution in [2.45, 2.75) is 10.9 Å². The van der Waals surface area contributed by atoms with Crippen molar-refractivity contribution in [2.24, 2.45) is 0 Å². The molecule has 0 atom stereocenters. The number of nitrogens with zero attached hydrogens (tertiary/aromatic N) is 4. The van der Waals surface area contributed by atoms with Crippen molar-refractivity contribution in [1.29, 1.82) is 0 Å². The molecule has 3 heterocycles. The van der Waals surface area contributed by atoms with Crippen LogP contribution in [0, 0.1) is 0 Å². The number of fused-ring (bicyclic) bond motifs is 2. The molecule has 4 aromatic rings. The van der Waals surface area contributed by atoms with E-state index in [1.165, 1.54) is 0 Å². The summed E-state index contributed by atoms with van der Waals surface area (Å²) in [5.41, 5.74) is 7.96. The Morgan fingerprint density at radius 1 is 1.05 bits per heavy atom. The Balaban J connectivity index is 1.64. The van der Waals surface area contributed by atoms with Gasteiger partial charge in [0.2, 0.25) is 0 Å². The van der Waals surface area contributed by atoms with Gasteiger partial charge in [0.25, 0.3) is 0 Å². The Hall–Kier alpha value is -2.60. The van der Waals surface area contributed by atoms with Crippen LogP contribution in [0.3, 0.4) is 0 Å². The number of para-hydroxylation sites is 1. The Morgan fingerprint density at radius 3 is 2.86 bits per heavy atom. The van der Waals surface area contributed by atoms with Gasteiger partial charge in [-0.1, -0.05) is 30.0 Å². The van der Waals surface area contributed by atoms with Gasteiger partial charge >= 0.3 is 0 Å². The molecule has 0 spiro atoms. The molecule has 5 nitrogen and oxygen atoms in total. The molecule has 0 aliphatic carbocycles. The number of rotatable bonds is 3. The van der Waals surface area contributed by atoms with Crippen LogP contribution in [-0.4, -0.2) is 19.4 Å². The van der Waals surface area contributed by atoms with Gasteiger partial charge in [-0.3, -0.25) is 4.40 Å². The Bertz CT molecular complexity index is 963. The minimum atomic E-state index is 0.522. The zero-order valence-corrected chi connectivity index (χ0v) is 12.5. The number of imidazole rings is 1. The second-order valence-electron chi connectivity index (χ2n) is 4.87. The monoisotopic (exact) mass is 307 g/mol. The van der Waals surface area contributed by atoms with Gasteiger partial charge in [0.1, 0.15) is 11.6 Å². The van der Waals surface area contributed by atoms with E-state index in [4.69, 9.17) is 5.73 Å². The van der Waals surface area contributed by atoms with Gasteiger partial charge in [-0.2, -0.15) is 0 Å². The van der Waals surface area contributed by atoms with Crippen molar-refractivity contribution >= 4 is 34.0 Å². The molecule has 22 heavy (non-hydrogen) atoms. The van der Waals surface area contributed by atoms with Crippen molar-refractivity contribution in [3.63, 3.8) is 0 Å². The summed E-state index contributed by atoms with van der Waals surface area (Å²) in [6.45, 7) is 0. The van der Waals surface area contributed by atoms with E-state index in [1.54, 1.807) is 11.8 Å². The summed E-state index contributed by atoms with van der Waals surface area (Å²) in [5.74, 6) is 1.87. The van der Waals surface area contributed by atoms with Crippen molar-refractivity contribution in [1.82, 2.24) is 19.4 Å². The Morgan fingerprint density at radius 2 is 1.91 bits per heavy atom. The van der Waals surface area contributed by atoms with Crippen molar-refractivity contribution < 1.29 is 0 Å². The first-order chi connectivity index (χ1) is 10.8. The van der Waals surface area contributed by atoms with E-state index in [-0.39, 0.29) is 0 Å². The van der Waals surface area contributed by atoms with Crippen LogP contribution < -0.4 is 5.73 Å². The molecule has 0 amide bonds. The highest BCUT2D eigenvalue weighted by Crippen LogP contribution is 2.23. The van der Waals surface area contributed by atoms with Crippen molar-refractivity contribution in [3.8, 4) is 0 Å². The first-order valence-electron chi connectivity index (χ1n) is 6.87. The molecule has 0 bridgehead atoms. The fourth-order valence-corrected chi connectivity index (χ4v) is 3.19. The number of pyridine rings is 1. The van der Waals surface area contributed by atoms with Gasteiger partial charge in [0.05, 0.1) is 23.0 Å². The molecule has 0 saturated carbocycles. The highest BCUT2D eigenvalue weighted by Gasteiger charge is 2.08. The number of aromatic nitrogens is 4. The number of hydrogen-bond donors (Lipinski definition) is 1. The third kappa shape index (κ3) is 2.27. The summed E-state index contributed by atoms with van der Waals surface area (Å²) in [6.07, 6.45) is 3.86. The molecule has 0 saturated heterocycles. The van der Waals surface area contributed by atoms with Crippen LogP contribution in [0.4, 0.5) is 5.82 Å². The van der Waals surface area contributed by atoms with E-state index in [2.05, 4.69) is 19.4 Å². The molecule has 0 aliphatic heterocycles. The van der Waals surface area contributed by atoms with Crippen molar-refractivity contribution in [3.05, 3.63) is 60.7 Å². The van der Waals surface area contributed by atoms with Crippen LogP contribution in [0.1, 0.15) is 5.82 Å². The SMILES string of the molecule is Nc1nc(CSc2ncc3ccccn23)nc2ccccc12. The lowest BCUT2D eigenvalue weighted by molar-refractivity contribution is 0.953. The van der Waals surface area contributed by atoms with Crippen LogP contribution in [0.25, 0.3) is 16.4 Å². The first kappa shape index (κ1) is 13.1. The Labute approximate surface area is 131 Å². The fourth-order valence-electron chi connectivity index (χ4n) is 2.37. The minimum absolute atomic E-state index is 0.522. The normalized spacial score (nSPS) is 11.3. The summed E-state index contributed by atoms with van der Waals surface area (Å²) < 4.78 is 2.05. The zero-order valence-electron chi connectivity index (χ0n) is 11.7. The predicted octanol–water partition coefficient (Wildman–Crippen LogP) is 3.15. The van der Waals surface area contributed by atoms with Gasteiger partial charge in [0.15, 0.2) is 5.16 Å². The average Bonchev–Trinajstić information content (AvgIpc) is 2.96. The lowest BCUT2D eigenvalue weighted by Gasteiger charge is -2.05. The van der Waals surface area contributed by atoms with E-state index in [0.717, 1.165) is 21.6 Å². The molecule has 108 valence electrons. The standard InChI is InChI=1S/C16H13N5S/c17-15-12-6-1-2-7-13(12)19-14(20-15)10-22-16-18-9-11-5-3-4-8-21(11)16/h1-9H,10H2,(H2,17,19,20). The lowest BCUT2D eigenvalue weighted by atomic mass is 10.2. The summed E-state index contributed by atoms with van der Waals surface area (Å²) in [4.78, 5) is 13.4. The molecule has 2 N–H and O–H groups in total. The number of thioether (sulfide) groups is 1. The smallest absolute Gasteiger partial charge is 0.173 e. The molecule has 0 fully saturated rings. The molecule has 0 radical (unpaired) electrons. The molecule has 1 aromatic carbocycles. The zero-order chi connectivity index (χ0) is 14.9. The van der Waals surface area contributed by atoms with Crippen LogP contribution >= 0.6 is 11.8 Å². The second-order valence-corrected chi connectivity index (χ2v) is 5.81. The number of nitrogens with two attached hydrogens (primary N) is 1. The summed E-state index contributed by atoms with van der Waals surface area (Å²) >= 11 is 1.60. The van der Waals surface area contributed by atoms with Crippen LogP contribution in [0.2, 0.25) is 0 Å². The lowest BCUT2D eigenvalue weighted by Crippen LogP contribution is -2.00. The second kappa shape index (κ2) is 5.31. The summed E-state index contributed by atoms with van der Waals surface area (Å²) in [5, 5.41) is 1.81. The first-order valence-corrected chi connectivity index (χ1v) is 7.86. The molecule has 3 aromatic heterocycles. The minimum Gasteiger partial charge on any atom is -0.383 e. The maximum atomic E-state index is 6.02. The van der Waals surface area contributed by atoms with E-state index in [9.17, 15) is 0 Å². The van der Waals surface area contributed by atoms with Gasteiger partial charge in [-0.25, -0.2) is 15.0 Å². The van der Waals surface area contributed by atoms with Crippen molar-refractivity contribution in [2.75, 3.05) is 5.73 Å². The van der Waals surface area contributed by atoms with Crippen LogP contribution in [0.5, 0.6) is 0 Å². The van der Waals surface area contributed by atoms with Gasteiger partial charge in [-0.05, 0) is 24.3 Å². The molecular weight excluding hydrogens is 294 g/mol. The van der Waals surface area contributed by atoms with E-state index < -0.39 is 0 Å². The van der Waals surface area contributed by atoms with Gasteiger partial charge < -0.3 is 5.73 Å². The van der Waals surface area contributed by atoms with E-state index >= 15 is 0 Å². The summed E-state index contributed by atoms with van der Waals surface area (Å²) in [7, 11) is 0. The number of nitrogen functional groups attached to an aromatic ring is 1. The molecule has 6 heteroatoms. The molecular formula is C16H13N5S. The predicted molar refractivity (Wildman–Crippen MR) is 88.7 cm³/mol. The fraction of sp³-hybridized carbons (Fsp3) is 0.0625. The number of anilines is 1. The van der Waals surface area contributed by atoms with Gasteiger partial charge in [-0.15, -0.1) is 0 Å². The Kier molecular flexibility index (Phi) is 3.16. The van der Waals surface area contributed by atoms with Gasteiger partial charge in [0, 0.05) is 11.6 Å². The van der Waals surface area contributed by atoms with E-state index in [0.29, 0.717) is 17.4 Å². The van der Waals surface area contributed by atoms with Crippen LogP contribution in [-0.2, 0) is 5.75 Å². The highest BCUT2D eigenvalue weighted by atomic mass is 32.2. The molecule has 4 rings (SSSR count). The quantitative estimate of drug-likeness (QED) is 0.589. The molecule has 0 unspecified atom stereocenters. The van der Waals surface area contributed by atoms with Crippen LogP contribution in [0.15, 0.2) is 60.0 Å². The maximum Gasteiger partial charge on any atom is 0.173 e. The number of hydrogen-bond acceptors (Lipinski definition) is 5. The number of benzene rings is 1. The topological polar surface area (TPSA) is 69.1 Å².